The second-order valence-electron chi connectivity index (χ2n) is 9.12. The van der Waals surface area contributed by atoms with Crippen molar-refractivity contribution in [3.8, 4) is 0 Å². The number of Topliss-reactive ketones (excluding diaryl/α,β-unsaturated/α-hetero) is 1. The lowest BCUT2D eigenvalue weighted by atomic mass is 9.67. The van der Waals surface area contributed by atoms with Crippen LogP contribution in [0.2, 0.25) is 0 Å². The van der Waals surface area contributed by atoms with E-state index in [2.05, 4.69) is 18.2 Å². The molecular weight excluding hydrogens is 418 g/mol. The van der Waals surface area contributed by atoms with Gasteiger partial charge in [0.2, 0.25) is 10.0 Å². The van der Waals surface area contributed by atoms with Crippen LogP contribution in [0.5, 0.6) is 0 Å². The van der Waals surface area contributed by atoms with Crippen LogP contribution < -0.4 is 0 Å². The van der Waals surface area contributed by atoms with Crippen molar-refractivity contribution < 1.29 is 13.2 Å². The molecule has 3 aromatic rings. The lowest BCUT2D eigenvalue weighted by Gasteiger charge is -2.36. The van der Waals surface area contributed by atoms with Crippen molar-refractivity contribution >= 4 is 15.8 Å². The monoisotopic (exact) mass is 445 g/mol. The molecule has 1 aliphatic heterocycles. The van der Waals surface area contributed by atoms with E-state index in [0.717, 1.165) is 12.0 Å². The largest absolute Gasteiger partial charge is 0.295 e. The minimum absolute atomic E-state index is 0.0525. The highest BCUT2D eigenvalue weighted by Gasteiger charge is 2.46. The number of carbonyl (C=O) groups is 1. The molecule has 32 heavy (non-hydrogen) atoms. The van der Waals surface area contributed by atoms with E-state index in [1.165, 1.54) is 16.7 Å². The number of fused-ring (bicyclic) bond motifs is 2. The summed E-state index contributed by atoms with van der Waals surface area (Å²) in [6.45, 7) is 4.57. The van der Waals surface area contributed by atoms with Crippen LogP contribution in [0.15, 0.2) is 77.7 Å². The molecule has 0 radical (unpaired) electrons. The van der Waals surface area contributed by atoms with Crippen LogP contribution in [-0.2, 0) is 16.4 Å². The van der Waals surface area contributed by atoms with E-state index in [-0.39, 0.29) is 23.5 Å². The number of carbonyl (C=O) groups excluding carboxylic acids is 1. The van der Waals surface area contributed by atoms with Gasteiger partial charge in [0.1, 0.15) is 0 Å². The fraction of sp³-hybridized carbons (Fsp3) is 0.296. The Morgan fingerprint density at radius 3 is 2.34 bits per heavy atom. The minimum atomic E-state index is -3.55. The maximum absolute atomic E-state index is 13.4. The maximum Gasteiger partial charge on any atom is 0.243 e. The molecule has 0 amide bonds. The Bertz CT molecular complexity index is 1270. The third-order valence-corrected chi connectivity index (χ3v) is 8.92. The molecule has 4 nitrogen and oxygen atoms in total. The van der Waals surface area contributed by atoms with Gasteiger partial charge in [0.15, 0.2) is 5.78 Å². The standard InChI is InChI=1S/C27H27NO3S/c1-18-8-12-24(13-9-18)32(30,31)28-16-23-14-22-11-10-21(19(2)29)15-25(22)27(26(23)17-28)20-6-4-3-5-7-20/h3-13,15,23,26-27H,14,16-17H2,1-2H3. The summed E-state index contributed by atoms with van der Waals surface area (Å²) in [4.78, 5) is 12.4. The van der Waals surface area contributed by atoms with E-state index < -0.39 is 10.0 Å². The first-order valence-electron chi connectivity index (χ1n) is 11.1. The van der Waals surface area contributed by atoms with Gasteiger partial charge in [-0.25, -0.2) is 8.42 Å². The average molecular weight is 446 g/mol. The minimum Gasteiger partial charge on any atom is -0.295 e. The zero-order chi connectivity index (χ0) is 22.5. The Hall–Kier alpha value is -2.76. The number of sulfonamides is 1. The molecule has 0 spiro atoms. The van der Waals surface area contributed by atoms with Crippen molar-refractivity contribution in [2.75, 3.05) is 13.1 Å². The van der Waals surface area contributed by atoms with E-state index in [1.54, 1.807) is 23.4 Å². The molecule has 3 unspecified atom stereocenters. The third-order valence-electron chi connectivity index (χ3n) is 7.07. The number of aryl methyl sites for hydroxylation is 1. The lowest BCUT2D eigenvalue weighted by molar-refractivity contribution is 0.101. The number of hydrogen-bond acceptors (Lipinski definition) is 3. The quantitative estimate of drug-likeness (QED) is 0.541. The second-order valence-corrected chi connectivity index (χ2v) is 11.1. The van der Waals surface area contributed by atoms with Gasteiger partial charge in [-0.1, -0.05) is 60.2 Å². The molecule has 1 heterocycles. The summed E-state index contributed by atoms with van der Waals surface area (Å²) in [6.07, 6.45) is 0.835. The van der Waals surface area contributed by atoms with Gasteiger partial charge in [0.25, 0.3) is 0 Å². The predicted octanol–water partition coefficient (Wildman–Crippen LogP) is 4.82. The van der Waals surface area contributed by atoms with Gasteiger partial charge in [-0.05, 0) is 67.0 Å². The highest BCUT2D eigenvalue weighted by atomic mass is 32.2. The van der Waals surface area contributed by atoms with Crippen LogP contribution >= 0.6 is 0 Å². The predicted molar refractivity (Wildman–Crippen MR) is 125 cm³/mol. The molecule has 0 aromatic heterocycles. The Labute approximate surface area is 190 Å². The zero-order valence-electron chi connectivity index (χ0n) is 18.4. The maximum atomic E-state index is 13.4. The number of hydrogen-bond donors (Lipinski definition) is 0. The molecule has 1 fully saturated rings. The van der Waals surface area contributed by atoms with E-state index in [4.69, 9.17) is 0 Å². The fourth-order valence-corrected chi connectivity index (χ4v) is 6.93. The summed E-state index contributed by atoms with van der Waals surface area (Å²) in [5.74, 6) is 0.544. The first-order chi connectivity index (χ1) is 15.3. The lowest BCUT2D eigenvalue weighted by Crippen LogP contribution is -2.30. The molecule has 3 atom stereocenters. The number of ketones is 1. The van der Waals surface area contributed by atoms with E-state index in [1.807, 2.05) is 49.4 Å². The molecule has 3 aromatic carbocycles. The molecular formula is C27H27NO3S. The van der Waals surface area contributed by atoms with Crippen LogP contribution in [0, 0.1) is 18.8 Å². The van der Waals surface area contributed by atoms with E-state index in [0.29, 0.717) is 23.5 Å². The van der Waals surface area contributed by atoms with E-state index in [9.17, 15) is 13.2 Å². The van der Waals surface area contributed by atoms with Gasteiger partial charge >= 0.3 is 0 Å². The number of nitrogens with zero attached hydrogens (tertiary/aromatic N) is 1. The Kier molecular flexibility index (Phi) is 5.26. The van der Waals surface area contributed by atoms with E-state index >= 15 is 0 Å². The van der Waals surface area contributed by atoms with Crippen molar-refractivity contribution in [2.45, 2.75) is 31.1 Å². The highest BCUT2D eigenvalue weighted by molar-refractivity contribution is 7.89. The summed E-state index contributed by atoms with van der Waals surface area (Å²) in [6, 6.07) is 23.4. The van der Waals surface area contributed by atoms with Gasteiger partial charge in [0, 0.05) is 24.6 Å². The second kappa shape index (κ2) is 7.98. The fourth-order valence-electron chi connectivity index (χ4n) is 5.39. The molecule has 0 N–H and O–H groups in total. The summed E-state index contributed by atoms with van der Waals surface area (Å²) in [5, 5.41) is 0. The van der Waals surface area contributed by atoms with Crippen LogP contribution in [0.3, 0.4) is 0 Å². The smallest absolute Gasteiger partial charge is 0.243 e. The molecule has 164 valence electrons. The topological polar surface area (TPSA) is 54.5 Å². The number of benzene rings is 3. The zero-order valence-corrected chi connectivity index (χ0v) is 19.2. The van der Waals surface area contributed by atoms with Crippen molar-refractivity contribution in [3.05, 3.63) is 101 Å². The van der Waals surface area contributed by atoms with Gasteiger partial charge in [0.05, 0.1) is 4.90 Å². The first kappa shape index (κ1) is 21.1. The number of rotatable bonds is 4. The summed E-state index contributed by atoms with van der Waals surface area (Å²) in [5.41, 5.74) is 5.32. The molecule has 0 bridgehead atoms. The molecule has 1 saturated heterocycles. The van der Waals surface area contributed by atoms with Crippen molar-refractivity contribution in [1.82, 2.24) is 4.31 Å². The van der Waals surface area contributed by atoms with Crippen molar-refractivity contribution in [2.24, 2.45) is 11.8 Å². The molecule has 2 aliphatic rings. The first-order valence-corrected chi connectivity index (χ1v) is 12.5. The van der Waals surface area contributed by atoms with Gasteiger partial charge in [-0.2, -0.15) is 4.31 Å². The van der Waals surface area contributed by atoms with Crippen LogP contribution in [0.25, 0.3) is 0 Å². The Morgan fingerprint density at radius 1 is 0.938 bits per heavy atom. The van der Waals surface area contributed by atoms with Crippen molar-refractivity contribution in [3.63, 3.8) is 0 Å². The normalized spacial score (nSPS) is 22.9. The van der Waals surface area contributed by atoms with Crippen molar-refractivity contribution in [1.29, 1.82) is 0 Å². The summed E-state index contributed by atoms with van der Waals surface area (Å²) in [7, 11) is -3.55. The van der Waals surface area contributed by atoms with Crippen LogP contribution in [0.4, 0.5) is 0 Å². The van der Waals surface area contributed by atoms with Gasteiger partial charge in [-0.15, -0.1) is 0 Å². The molecule has 0 saturated carbocycles. The Morgan fingerprint density at radius 2 is 1.66 bits per heavy atom. The third kappa shape index (κ3) is 3.59. The average Bonchev–Trinajstić information content (AvgIpc) is 3.22. The molecule has 5 heteroatoms. The van der Waals surface area contributed by atoms with Gasteiger partial charge in [-0.3, -0.25) is 4.79 Å². The van der Waals surface area contributed by atoms with Gasteiger partial charge < -0.3 is 0 Å². The Balaban J connectivity index is 1.56. The molecule has 5 rings (SSSR count). The summed E-state index contributed by atoms with van der Waals surface area (Å²) >= 11 is 0. The molecule has 1 aliphatic carbocycles. The highest BCUT2D eigenvalue weighted by Crippen LogP contribution is 2.48. The van der Waals surface area contributed by atoms with Crippen LogP contribution in [0.1, 0.15) is 45.5 Å². The van der Waals surface area contributed by atoms with Crippen LogP contribution in [-0.4, -0.2) is 31.6 Å². The summed E-state index contributed by atoms with van der Waals surface area (Å²) < 4.78 is 28.5. The SMILES string of the molecule is CC(=O)c1ccc2c(c1)C(c1ccccc1)C1CN(S(=O)(=O)c3ccc(C)cc3)CC1C2.